The van der Waals surface area contributed by atoms with Gasteiger partial charge >= 0.3 is 6.03 Å². The summed E-state index contributed by atoms with van der Waals surface area (Å²) in [7, 11) is 3.99. The smallest absolute Gasteiger partial charge is 0.319 e. The number of hydrogen-bond acceptors (Lipinski definition) is 2. The molecule has 1 aliphatic rings. The summed E-state index contributed by atoms with van der Waals surface area (Å²) >= 11 is 0. The number of nitrogens with zero attached hydrogens (tertiary/aromatic N) is 1. The van der Waals surface area contributed by atoms with Crippen LogP contribution in [0.4, 0.5) is 16.2 Å². The van der Waals surface area contributed by atoms with Crippen LogP contribution in [-0.2, 0) is 12.8 Å². The summed E-state index contributed by atoms with van der Waals surface area (Å²) in [5.41, 5.74) is 4.59. The summed E-state index contributed by atoms with van der Waals surface area (Å²) in [6.45, 7) is 0. The van der Waals surface area contributed by atoms with Crippen LogP contribution in [-0.4, -0.2) is 26.2 Å². The molecule has 0 aliphatic heterocycles. The van der Waals surface area contributed by atoms with E-state index in [0.717, 1.165) is 24.2 Å². The van der Waals surface area contributed by atoms with Gasteiger partial charge in [-0.2, -0.15) is 0 Å². The number of benzene rings is 2. The first kappa shape index (κ1) is 14.4. The predicted molar refractivity (Wildman–Crippen MR) is 90.6 cm³/mol. The van der Waals surface area contributed by atoms with Gasteiger partial charge in [0, 0.05) is 31.5 Å². The van der Waals surface area contributed by atoms with Gasteiger partial charge in [0.05, 0.1) is 0 Å². The maximum Gasteiger partial charge on any atom is 0.319 e. The fourth-order valence-corrected chi connectivity index (χ4v) is 2.86. The molecule has 0 saturated heterocycles. The zero-order valence-electron chi connectivity index (χ0n) is 13.0. The van der Waals surface area contributed by atoms with Crippen LogP contribution in [0.1, 0.15) is 11.1 Å². The van der Waals surface area contributed by atoms with E-state index in [-0.39, 0.29) is 12.1 Å². The molecule has 2 amide bonds. The van der Waals surface area contributed by atoms with Gasteiger partial charge in [0.1, 0.15) is 0 Å². The van der Waals surface area contributed by atoms with Crippen molar-refractivity contribution in [3.63, 3.8) is 0 Å². The van der Waals surface area contributed by atoms with E-state index in [4.69, 9.17) is 0 Å². The van der Waals surface area contributed by atoms with E-state index in [0.29, 0.717) is 0 Å². The van der Waals surface area contributed by atoms with E-state index in [1.165, 1.54) is 11.1 Å². The Morgan fingerprint density at radius 3 is 2.14 bits per heavy atom. The minimum Gasteiger partial charge on any atom is -0.378 e. The molecule has 22 heavy (non-hydrogen) atoms. The molecule has 0 saturated carbocycles. The minimum atomic E-state index is -0.143. The molecular weight excluding hydrogens is 274 g/mol. The SMILES string of the molecule is CN(C)c1ccc(NC(=O)NC2Cc3ccccc3C2)cc1. The highest BCUT2D eigenvalue weighted by Gasteiger charge is 2.22. The van der Waals surface area contributed by atoms with Gasteiger partial charge < -0.3 is 15.5 Å². The largest absolute Gasteiger partial charge is 0.378 e. The third kappa shape index (κ3) is 3.22. The predicted octanol–water partition coefficient (Wildman–Crippen LogP) is 3.04. The highest BCUT2D eigenvalue weighted by Crippen LogP contribution is 2.22. The molecular formula is C18H21N3O. The lowest BCUT2D eigenvalue weighted by Gasteiger charge is -2.15. The van der Waals surface area contributed by atoms with Crippen molar-refractivity contribution in [3.05, 3.63) is 59.7 Å². The van der Waals surface area contributed by atoms with Gasteiger partial charge in [0.2, 0.25) is 0 Å². The number of anilines is 2. The van der Waals surface area contributed by atoms with Crippen LogP contribution in [0.25, 0.3) is 0 Å². The van der Waals surface area contributed by atoms with Crippen molar-refractivity contribution < 1.29 is 4.79 Å². The lowest BCUT2D eigenvalue weighted by molar-refractivity contribution is 0.249. The van der Waals surface area contributed by atoms with Gasteiger partial charge in [0.15, 0.2) is 0 Å². The maximum atomic E-state index is 12.1. The second kappa shape index (κ2) is 6.10. The monoisotopic (exact) mass is 295 g/mol. The third-order valence-electron chi connectivity index (χ3n) is 4.03. The Kier molecular flexibility index (Phi) is 4.00. The van der Waals surface area contributed by atoms with E-state index in [1.807, 2.05) is 55.4 Å². The normalized spacial score (nSPS) is 13.5. The summed E-state index contributed by atoms with van der Waals surface area (Å²) in [5, 5.41) is 5.94. The van der Waals surface area contributed by atoms with Crippen molar-refractivity contribution in [1.82, 2.24) is 5.32 Å². The second-order valence-electron chi connectivity index (χ2n) is 5.91. The van der Waals surface area contributed by atoms with Crippen LogP contribution in [0.2, 0.25) is 0 Å². The first-order valence-corrected chi connectivity index (χ1v) is 7.53. The number of fused-ring (bicyclic) bond motifs is 1. The number of carbonyl (C=O) groups is 1. The van der Waals surface area contributed by atoms with Crippen molar-refractivity contribution in [2.45, 2.75) is 18.9 Å². The fraction of sp³-hybridized carbons (Fsp3) is 0.278. The highest BCUT2D eigenvalue weighted by atomic mass is 16.2. The Morgan fingerprint density at radius 2 is 1.59 bits per heavy atom. The average Bonchev–Trinajstić information content (AvgIpc) is 2.89. The number of amides is 2. The topological polar surface area (TPSA) is 44.4 Å². The molecule has 0 bridgehead atoms. The van der Waals surface area contributed by atoms with Gasteiger partial charge in [0.25, 0.3) is 0 Å². The van der Waals surface area contributed by atoms with Crippen LogP contribution in [0.5, 0.6) is 0 Å². The molecule has 4 heteroatoms. The minimum absolute atomic E-state index is 0.143. The number of urea groups is 1. The summed E-state index contributed by atoms with van der Waals surface area (Å²) in [5.74, 6) is 0. The zero-order valence-corrected chi connectivity index (χ0v) is 13.0. The molecule has 0 fully saturated rings. The molecule has 1 aliphatic carbocycles. The molecule has 0 unspecified atom stereocenters. The first-order valence-electron chi connectivity index (χ1n) is 7.53. The fourth-order valence-electron chi connectivity index (χ4n) is 2.86. The van der Waals surface area contributed by atoms with Crippen LogP contribution in [0.15, 0.2) is 48.5 Å². The number of carbonyl (C=O) groups excluding carboxylic acids is 1. The van der Waals surface area contributed by atoms with E-state index in [1.54, 1.807) is 0 Å². The van der Waals surface area contributed by atoms with Crippen molar-refractivity contribution in [3.8, 4) is 0 Å². The van der Waals surface area contributed by atoms with Crippen LogP contribution >= 0.6 is 0 Å². The van der Waals surface area contributed by atoms with Gasteiger partial charge in [-0.3, -0.25) is 0 Å². The van der Waals surface area contributed by atoms with Crippen molar-refractivity contribution in [2.24, 2.45) is 0 Å². The van der Waals surface area contributed by atoms with E-state index in [9.17, 15) is 4.79 Å². The Labute approximate surface area is 131 Å². The quantitative estimate of drug-likeness (QED) is 0.914. The maximum absolute atomic E-state index is 12.1. The van der Waals surface area contributed by atoms with E-state index < -0.39 is 0 Å². The molecule has 0 aromatic heterocycles. The third-order valence-corrected chi connectivity index (χ3v) is 4.03. The summed E-state index contributed by atoms with van der Waals surface area (Å²) in [4.78, 5) is 14.1. The number of hydrogen-bond donors (Lipinski definition) is 2. The zero-order chi connectivity index (χ0) is 15.5. The lowest BCUT2D eigenvalue weighted by Crippen LogP contribution is -2.38. The molecule has 3 rings (SSSR count). The van der Waals surface area contributed by atoms with Crippen LogP contribution in [0, 0.1) is 0 Å². The Bertz CT molecular complexity index is 639. The Balaban J connectivity index is 1.55. The van der Waals surface area contributed by atoms with Crippen LogP contribution < -0.4 is 15.5 Å². The Hall–Kier alpha value is -2.49. The molecule has 114 valence electrons. The average molecular weight is 295 g/mol. The van der Waals surface area contributed by atoms with Crippen molar-refractivity contribution in [2.75, 3.05) is 24.3 Å². The van der Waals surface area contributed by atoms with Crippen molar-refractivity contribution in [1.29, 1.82) is 0 Å². The molecule has 0 heterocycles. The Morgan fingerprint density at radius 1 is 1.00 bits per heavy atom. The van der Waals surface area contributed by atoms with E-state index >= 15 is 0 Å². The summed E-state index contributed by atoms with van der Waals surface area (Å²) < 4.78 is 0. The number of rotatable bonds is 3. The molecule has 2 N–H and O–H groups in total. The molecule has 0 atom stereocenters. The van der Waals surface area contributed by atoms with Gasteiger partial charge in [-0.1, -0.05) is 24.3 Å². The molecule has 2 aromatic carbocycles. The van der Waals surface area contributed by atoms with Gasteiger partial charge in [-0.25, -0.2) is 4.79 Å². The highest BCUT2D eigenvalue weighted by molar-refractivity contribution is 5.89. The molecule has 0 radical (unpaired) electrons. The van der Waals surface area contributed by atoms with Gasteiger partial charge in [-0.05, 0) is 48.2 Å². The van der Waals surface area contributed by atoms with Crippen LogP contribution in [0.3, 0.4) is 0 Å². The molecule has 4 nitrogen and oxygen atoms in total. The molecule has 0 spiro atoms. The second-order valence-corrected chi connectivity index (χ2v) is 5.91. The van der Waals surface area contributed by atoms with E-state index in [2.05, 4.69) is 22.8 Å². The van der Waals surface area contributed by atoms with Gasteiger partial charge in [-0.15, -0.1) is 0 Å². The lowest BCUT2D eigenvalue weighted by atomic mass is 10.1. The molecule has 2 aromatic rings. The summed E-state index contributed by atoms with van der Waals surface area (Å²) in [6.07, 6.45) is 1.81. The summed E-state index contributed by atoms with van der Waals surface area (Å²) in [6, 6.07) is 16.2. The first-order chi connectivity index (χ1) is 10.6. The standard InChI is InChI=1S/C18H21N3O/c1-21(2)17-9-7-15(8-10-17)19-18(22)20-16-11-13-5-3-4-6-14(13)12-16/h3-10,16H,11-12H2,1-2H3,(H2,19,20,22). The van der Waals surface area contributed by atoms with Crippen molar-refractivity contribution >= 4 is 17.4 Å². The number of nitrogens with one attached hydrogen (secondary N) is 2.